The molecule has 0 saturated carbocycles. The van der Waals surface area contributed by atoms with Gasteiger partial charge in [0.15, 0.2) is 0 Å². The van der Waals surface area contributed by atoms with E-state index in [0.717, 1.165) is 25.0 Å². The lowest BCUT2D eigenvalue weighted by molar-refractivity contribution is -0.111. The lowest BCUT2D eigenvalue weighted by atomic mass is 10.1. The molecule has 1 saturated heterocycles. The Morgan fingerprint density at radius 3 is 2.73 bits per heavy atom. The van der Waals surface area contributed by atoms with E-state index in [4.69, 9.17) is 9.47 Å². The number of rotatable bonds is 8. The Kier molecular flexibility index (Phi) is 6.74. The van der Waals surface area contributed by atoms with Gasteiger partial charge in [-0.3, -0.25) is 9.20 Å². The molecule has 1 fully saturated rings. The molecular weight excluding hydrogens is 475 g/mol. The van der Waals surface area contributed by atoms with E-state index in [-0.39, 0.29) is 17.8 Å². The second-order valence-corrected chi connectivity index (χ2v) is 8.83. The van der Waals surface area contributed by atoms with Crippen molar-refractivity contribution in [3.63, 3.8) is 0 Å². The molecule has 37 heavy (non-hydrogen) atoms. The first kappa shape index (κ1) is 24.3. The molecule has 10 heteroatoms. The van der Waals surface area contributed by atoms with Gasteiger partial charge >= 0.3 is 0 Å². The number of carbonyl (C=O) groups is 1. The summed E-state index contributed by atoms with van der Waals surface area (Å²) in [6.07, 6.45) is 5.33. The number of aromatic nitrogens is 3. The Bertz CT molecular complexity index is 1470. The number of nitrogens with one attached hydrogen (secondary N) is 2. The van der Waals surface area contributed by atoms with E-state index in [0.29, 0.717) is 39.9 Å². The zero-order valence-corrected chi connectivity index (χ0v) is 20.6. The first-order valence-corrected chi connectivity index (χ1v) is 11.8. The van der Waals surface area contributed by atoms with Gasteiger partial charge in [0, 0.05) is 30.8 Å². The van der Waals surface area contributed by atoms with Crippen LogP contribution in [0.15, 0.2) is 67.8 Å². The number of likely N-dealkylation sites (tertiary alicyclic amines) is 1. The summed E-state index contributed by atoms with van der Waals surface area (Å²) in [4.78, 5) is 23.3. The smallest absolute Gasteiger partial charge is 0.247 e. The quantitative estimate of drug-likeness (QED) is 0.343. The molecule has 5 rings (SSSR count). The van der Waals surface area contributed by atoms with E-state index in [1.807, 2.05) is 13.1 Å². The predicted molar refractivity (Wildman–Crippen MR) is 140 cm³/mol. The third kappa shape index (κ3) is 5.24. The summed E-state index contributed by atoms with van der Waals surface area (Å²) >= 11 is 0. The van der Waals surface area contributed by atoms with Gasteiger partial charge in [-0.1, -0.05) is 18.7 Å². The van der Waals surface area contributed by atoms with Crippen LogP contribution in [0.1, 0.15) is 6.42 Å². The van der Waals surface area contributed by atoms with Crippen LogP contribution in [0.5, 0.6) is 11.5 Å². The first-order chi connectivity index (χ1) is 17.9. The van der Waals surface area contributed by atoms with Gasteiger partial charge in [0.1, 0.15) is 41.9 Å². The molecular formula is C27H27FN6O3. The van der Waals surface area contributed by atoms with Crippen LogP contribution in [-0.2, 0) is 4.79 Å². The van der Waals surface area contributed by atoms with Gasteiger partial charge in [0.25, 0.3) is 0 Å². The standard InChI is InChI=1S/C27H27FN6O3/c1-4-26(35)32-21-11-20(23(36-3)13-24(21)37-19-8-9-33(2)14-19)31-25-12-22-27(30-16-34(22)15-29-25)17-6-5-7-18(28)10-17/h4-7,10-13,15-16,19,31H,1,8-9,14H2,2-3H3,(H,32,35). The number of methoxy groups -OCH3 is 1. The number of amides is 1. The van der Waals surface area contributed by atoms with Crippen LogP contribution in [0.25, 0.3) is 16.8 Å². The van der Waals surface area contributed by atoms with Crippen molar-refractivity contribution in [2.45, 2.75) is 12.5 Å². The molecule has 0 aliphatic carbocycles. The highest BCUT2D eigenvalue weighted by molar-refractivity contribution is 6.00. The maximum Gasteiger partial charge on any atom is 0.247 e. The maximum absolute atomic E-state index is 13.8. The summed E-state index contributed by atoms with van der Waals surface area (Å²) in [5.41, 5.74) is 3.08. The third-order valence-corrected chi connectivity index (χ3v) is 6.17. The number of halogens is 1. The third-order valence-electron chi connectivity index (χ3n) is 6.17. The Labute approximate surface area is 213 Å². The highest BCUT2D eigenvalue weighted by Gasteiger charge is 2.23. The summed E-state index contributed by atoms with van der Waals surface area (Å²) in [7, 11) is 3.60. The molecule has 1 amide bonds. The Morgan fingerprint density at radius 1 is 1.16 bits per heavy atom. The van der Waals surface area contributed by atoms with Gasteiger partial charge in [0.2, 0.25) is 5.91 Å². The second kappa shape index (κ2) is 10.3. The van der Waals surface area contributed by atoms with E-state index in [1.165, 1.54) is 18.2 Å². The minimum absolute atomic E-state index is 0.0000763. The fourth-order valence-electron chi connectivity index (χ4n) is 4.34. The zero-order chi connectivity index (χ0) is 25.9. The average molecular weight is 503 g/mol. The lowest BCUT2D eigenvalue weighted by Gasteiger charge is -2.20. The molecule has 1 aliphatic heterocycles. The highest BCUT2D eigenvalue weighted by atomic mass is 19.1. The molecule has 2 aromatic heterocycles. The number of hydrogen-bond acceptors (Lipinski definition) is 7. The van der Waals surface area contributed by atoms with Crippen LogP contribution in [0.4, 0.5) is 21.6 Å². The number of likely N-dealkylation sites (N-methyl/N-ethyl adjacent to an activating group) is 1. The Balaban J connectivity index is 1.50. The molecule has 2 N–H and O–H groups in total. The average Bonchev–Trinajstić information content (AvgIpc) is 3.50. The number of carbonyl (C=O) groups excluding carboxylic acids is 1. The van der Waals surface area contributed by atoms with Crippen molar-refractivity contribution in [2.24, 2.45) is 0 Å². The normalized spacial score (nSPS) is 15.5. The monoisotopic (exact) mass is 502 g/mol. The van der Waals surface area contributed by atoms with Crippen LogP contribution in [0.3, 0.4) is 0 Å². The van der Waals surface area contributed by atoms with Crippen molar-refractivity contribution >= 4 is 28.6 Å². The molecule has 4 aromatic rings. The minimum atomic E-state index is -0.358. The van der Waals surface area contributed by atoms with E-state index >= 15 is 0 Å². The summed E-state index contributed by atoms with van der Waals surface area (Å²) in [6.45, 7) is 5.28. The second-order valence-electron chi connectivity index (χ2n) is 8.83. The van der Waals surface area contributed by atoms with Gasteiger partial charge in [-0.25, -0.2) is 14.4 Å². The van der Waals surface area contributed by atoms with Crippen molar-refractivity contribution in [1.82, 2.24) is 19.3 Å². The topological polar surface area (TPSA) is 93.0 Å². The molecule has 190 valence electrons. The van der Waals surface area contributed by atoms with Crippen LogP contribution < -0.4 is 20.1 Å². The number of ether oxygens (including phenoxy) is 2. The minimum Gasteiger partial charge on any atom is -0.494 e. The summed E-state index contributed by atoms with van der Waals surface area (Å²) < 4.78 is 27.5. The van der Waals surface area contributed by atoms with Crippen molar-refractivity contribution in [2.75, 3.05) is 37.9 Å². The van der Waals surface area contributed by atoms with Gasteiger partial charge in [0.05, 0.1) is 29.7 Å². The predicted octanol–water partition coefficient (Wildman–Crippen LogP) is 4.50. The molecule has 1 aliphatic rings. The van der Waals surface area contributed by atoms with Gasteiger partial charge < -0.3 is 25.0 Å². The molecule has 0 radical (unpaired) electrons. The van der Waals surface area contributed by atoms with E-state index in [1.54, 1.807) is 48.4 Å². The molecule has 2 aromatic carbocycles. The summed E-state index contributed by atoms with van der Waals surface area (Å²) in [5, 5.41) is 6.09. The fourth-order valence-corrected chi connectivity index (χ4v) is 4.34. The van der Waals surface area contributed by atoms with Crippen molar-refractivity contribution in [3.05, 3.63) is 73.6 Å². The molecule has 9 nitrogen and oxygen atoms in total. The molecule has 3 heterocycles. The largest absolute Gasteiger partial charge is 0.494 e. The number of imidazole rings is 1. The van der Waals surface area contributed by atoms with Crippen LogP contribution in [0.2, 0.25) is 0 Å². The van der Waals surface area contributed by atoms with Crippen LogP contribution >= 0.6 is 0 Å². The van der Waals surface area contributed by atoms with Gasteiger partial charge in [-0.2, -0.15) is 0 Å². The Hall–Kier alpha value is -4.44. The molecule has 0 bridgehead atoms. The number of nitrogens with zero attached hydrogens (tertiary/aromatic N) is 4. The highest BCUT2D eigenvalue weighted by Crippen LogP contribution is 2.39. The van der Waals surface area contributed by atoms with E-state index in [9.17, 15) is 9.18 Å². The first-order valence-electron chi connectivity index (χ1n) is 11.8. The molecule has 1 atom stereocenters. The van der Waals surface area contributed by atoms with Gasteiger partial charge in [-0.15, -0.1) is 0 Å². The van der Waals surface area contributed by atoms with Crippen LogP contribution in [-0.4, -0.2) is 58.5 Å². The number of fused-ring (bicyclic) bond motifs is 1. The van der Waals surface area contributed by atoms with Gasteiger partial charge in [-0.05, 0) is 37.7 Å². The molecule has 0 spiro atoms. The van der Waals surface area contributed by atoms with Crippen molar-refractivity contribution < 1.29 is 18.7 Å². The maximum atomic E-state index is 13.8. The molecule has 1 unspecified atom stereocenters. The number of benzene rings is 2. The van der Waals surface area contributed by atoms with E-state index < -0.39 is 0 Å². The lowest BCUT2D eigenvalue weighted by Crippen LogP contribution is -2.22. The zero-order valence-electron chi connectivity index (χ0n) is 20.6. The Morgan fingerprint density at radius 2 is 2.00 bits per heavy atom. The number of hydrogen-bond donors (Lipinski definition) is 2. The SMILES string of the molecule is C=CC(=O)Nc1cc(Nc2cc3c(-c4cccc(F)c4)ncn3cn2)c(OC)cc1OC1CCN(C)C1. The summed E-state index contributed by atoms with van der Waals surface area (Å²) in [5.74, 6) is 0.833. The van der Waals surface area contributed by atoms with Crippen molar-refractivity contribution in [3.8, 4) is 22.8 Å². The van der Waals surface area contributed by atoms with Crippen LogP contribution in [0, 0.1) is 5.82 Å². The summed E-state index contributed by atoms with van der Waals surface area (Å²) in [6, 6.07) is 11.6. The number of anilines is 3. The van der Waals surface area contributed by atoms with E-state index in [2.05, 4.69) is 32.1 Å². The van der Waals surface area contributed by atoms with Crippen molar-refractivity contribution in [1.29, 1.82) is 0 Å². The fraction of sp³-hybridized carbons (Fsp3) is 0.222.